The van der Waals surface area contributed by atoms with Gasteiger partial charge in [0.1, 0.15) is 16.4 Å². The van der Waals surface area contributed by atoms with Gasteiger partial charge in [-0.2, -0.15) is 5.10 Å². The molecule has 1 aliphatic heterocycles. The van der Waals surface area contributed by atoms with E-state index in [1.165, 1.54) is 16.4 Å². The molecule has 2 heterocycles. The van der Waals surface area contributed by atoms with E-state index in [1.54, 1.807) is 12.3 Å². The lowest BCUT2D eigenvalue weighted by atomic mass is 9.99. The van der Waals surface area contributed by atoms with Crippen LogP contribution in [0.5, 0.6) is 0 Å². The highest BCUT2D eigenvalue weighted by molar-refractivity contribution is 7.93. The van der Waals surface area contributed by atoms with Crippen molar-refractivity contribution in [3.8, 4) is 11.3 Å². The van der Waals surface area contributed by atoms with Crippen molar-refractivity contribution in [2.75, 3.05) is 4.31 Å². The van der Waals surface area contributed by atoms with Crippen LogP contribution >= 0.6 is 0 Å². The van der Waals surface area contributed by atoms with Gasteiger partial charge in [0.15, 0.2) is 0 Å². The maximum absolute atomic E-state index is 14.0. The lowest BCUT2D eigenvalue weighted by Crippen LogP contribution is -2.42. The zero-order valence-electron chi connectivity index (χ0n) is 17.5. The summed E-state index contributed by atoms with van der Waals surface area (Å²) in [5.74, 6) is -0.343. The van der Waals surface area contributed by atoms with Gasteiger partial charge in [-0.1, -0.05) is 43.2 Å². The van der Waals surface area contributed by atoms with E-state index >= 15 is 0 Å². The van der Waals surface area contributed by atoms with Gasteiger partial charge in [-0.05, 0) is 56.4 Å². The molecule has 1 aromatic heterocycles. The number of nitrogens with zero attached hydrogens (tertiary/aromatic N) is 3. The highest BCUT2D eigenvalue weighted by Gasteiger charge is 2.37. The normalized spacial score (nSPS) is 19.5. The van der Waals surface area contributed by atoms with Gasteiger partial charge in [0, 0.05) is 17.8 Å². The predicted octanol–water partition coefficient (Wildman–Crippen LogP) is 5.33. The average molecular weight is 440 g/mol. The lowest BCUT2D eigenvalue weighted by molar-refractivity contribution is 0.467. The summed E-state index contributed by atoms with van der Waals surface area (Å²) >= 11 is 0. The molecule has 31 heavy (non-hydrogen) atoms. The second-order valence-corrected chi connectivity index (χ2v) is 10.4. The number of rotatable bonds is 4. The van der Waals surface area contributed by atoms with Crippen LogP contribution in [0.25, 0.3) is 11.3 Å². The van der Waals surface area contributed by atoms with E-state index in [0.717, 1.165) is 36.8 Å². The molecule has 1 fully saturated rings. The smallest absolute Gasteiger partial charge is 0.268 e. The molecular formula is C24H26FN3O2S. The Morgan fingerprint density at radius 2 is 1.77 bits per heavy atom. The maximum atomic E-state index is 14.0. The van der Waals surface area contributed by atoms with Crippen molar-refractivity contribution in [1.29, 1.82) is 0 Å². The third-order valence-electron chi connectivity index (χ3n) is 6.49. The number of aryl methyl sites for hydroxylation is 1. The van der Waals surface area contributed by atoms with E-state index in [-0.39, 0.29) is 22.8 Å². The number of benzene rings is 2. The molecule has 3 aromatic rings. The van der Waals surface area contributed by atoms with E-state index in [1.807, 2.05) is 41.9 Å². The predicted molar refractivity (Wildman–Crippen MR) is 119 cm³/mol. The molecule has 1 saturated carbocycles. The Morgan fingerprint density at radius 3 is 2.52 bits per heavy atom. The first-order valence-electron chi connectivity index (χ1n) is 10.9. The molecule has 162 valence electrons. The number of anilines is 1. The van der Waals surface area contributed by atoms with Crippen LogP contribution in [0.3, 0.4) is 0 Å². The lowest BCUT2D eigenvalue weighted by Gasteiger charge is -2.35. The van der Waals surface area contributed by atoms with Gasteiger partial charge in [0.05, 0.1) is 11.7 Å². The summed E-state index contributed by atoms with van der Waals surface area (Å²) in [6, 6.07) is 13.8. The van der Waals surface area contributed by atoms with Crippen molar-refractivity contribution in [2.45, 2.75) is 62.4 Å². The summed E-state index contributed by atoms with van der Waals surface area (Å²) in [6.07, 6.45) is 7.30. The Bertz CT molecular complexity index is 1200. The Labute approximate surface area is 182 Å². The van der Waals surface area contributed by atoms with Gasteiger partial charge in [0.2, 0.25) is 0 Å². The Kier molecular flexibility index (Phi) is 5.08. The molecule has 0 bridgehead atoms. The number of hydrogen-bond acceptors (Lipinski definition) is 3. The van der Waals surface area contributed by atoms with E-state index in [0.29, 0.717) is 24.2 Å². The highest BCUT2D eigenvalue weighted by atomic mass is 32.2. The highest BCUT2D eigenvalue weighted by Crippen LogP contribution is 2.39. The molecule has 1 unspecified atom stereocenters. The molecule has 0 N–H and O–H groups in total. The second-order valence-electron chi connectivity index (χ2n) is 8.59. The number of fused-ring (bicyclic) bond motifs is 1. The van der Waals surface area contributed by atoms with Gasteiger partial charge in [0.25, 0.3) is 10.0 Å². The molecule has 0 radical (unpaired) electrons. The minimum Gasteiger partial charge on any atom is -0.268 e. The number of sulfonamides is 1. The molecule has 5 nitrogen and oxygen atoms in total. The first-order chi connectivity index (χ1) is 14.9. The molecule has 0 saturated heterocycles. The van der Waals surface area contributed by atoms with Crippen molar-refractivity contribution in [3.05, 3.63) is 66.1 Å². The molecule has 0 spiro atoms. The molecule has 7 heteroatoms. The molecule has 2 aromatic carbocycles. The number of aromatic nitrogens is 2. The monoisotopic (exact) mass is 439 g/mol. The van der Waals surface area contributed by atoms with E-state index in [2.05, 4.69) is 0 Å². The van der Waals surface area contributed by atoms with E-state index in [4.69, 9.17) is 5.10 Å². The van der Waals surface area contributed by atoms with E-state index in [9.17, 15) is 12.8 Å². The third-order valence-corrected chi connectivity index (χ3v) is 8.42. The number of hydrogen-bond donors (Lipinski definition) is 0. The molecule has 2 aliphatic rings. The molecule has 1 atom stereocenters. The largest absolute Gasteiger partial charge is 0.268 e. The first kappa shape index (κ1) is 20.2. The minimum absolute atomic E-state index is 0.217. The Morgan fingerprint density at radius 1 is 1.03 bits per heavy atom. The van der Waals surface area contributed by atoms with E-state index < -0.39 is 10.0 Å². The van der Waals surface area contributed by atoms with Crippen molar-refractivity contribution in [2.24, 2.45) is 0 Å². The topological polar surface area (TPSA) is 55.2 Å². The fraction of sp³-hybridized carbons (Fsp3) is 0.375. The van der Waals surface area contributed by atoms with Gasteiger partial charge >= 0.3 is 0 Å². The summed E-state index contributed by atoms with van der Waals surface area (Å²) in [5.41, 5.74) is 2.55. The standard InChI is InChI=1S/C24H26FN3O2S/c1-17-11-12-19-15-20(25)13-14-22(19)28(17)31(29,30)23-16-27(21-9-5-6-10-21)26-24(23)18-7-3-2-4-8-18/h2-4,7-8,13-17,21H,5-6,9-12H2,1H3. The fourth-order valence-electron chi connectivity index (χ4n) is 4.88. The zero-order chi connectivity index (χ0) is 21.6. The minimum atomic E-state index is -3.90. The Hall–Kier alpha value is -2.67. The van der Waals surface area contributed by atoms with Crippen LogP contribution in [-0.2, 0) is 16.4 Å². The molecule has 1 aliphatic carbocycles. The average Bonchev–Trinajstić information content (AvgIpc) is 3.44. The zero-order valence-corrected chi connectivity index (χ0v) is 18.4. The van der Waals surface area contributed by atoms with Gasteiger partial charge < -0.3 is 0 Å². The third kappa shape index (κ3) is 3.55. The van der Waals surface area contributed by atoms with Crippen LogP contribution in [0.2, 0.25) is 0 Å². The van der Waals surface area contributed by atoms with Crippen LogP contribution in [0.4, 0.5) is 10.1 Å². The van der Waals surface area contributed by atoms with Gasteiger partial charge in [-0.25, -0.2) is 12.8 Å². The molecular weight excluding hydrogens is 413 g/mol. The van der Waals surface area contributed by atoms with Crippen LogP contribution in [0, 0.1) is 5.82 Å². The molecule has 5 rings (SSSR count). The van der Waals surface area contributed by atoms with Crippen molar-refractivity contribution in [3.63, 3.8) is 0 Å². The fourth-order valence-corrected chi connectivity index (χ4v) is 6.75. The SMILES string of the molecule is CC1CCc2cc(F)ccc2N1S(=O)(=O)c1cn(C2CCCC2)nc1-c1ccccc1. The quantitative estimate of drug-likeness (QED) is 0.552. The summed E-state index contributed by atoms with van der Waals surface area (Å²) in [7, 11) is -3.90. The summed E-state index contributed by atoms with van der Waals surface area (Å²) in [4.78, 5) is 0.217. The molecule has 0 amide bonds. The van der Waals surface area contributed by atoms with Crippen LogP contribution in [0.15, 0.2) is 59.6 Å². The van der Waals surface area contributed by atoms with Gasteiger partial charge in [-0.15, -0.1) is 0 Å². The Balaban J connectivity index is 1.67. The summed E-state index contributed by atoms with van der Waals surface area (Å²) in [6.45, 7) is 1.91. The second kappa shape index (κ2) is 7.79. The van der Waals surface area contributed by atoms with Crippen LogP contribution < -0.4 is 4.31 Å². The van der Waals surface area contributed by atoms with Crippen molar-refractivity contribution in [1.82, 2.24) is 9.78 Å². The van der Waals surface area contributed by atoms with Gasteiger partial charge in [-0.3, -0.25) is 8.99 Å². The summed E-state index contributed by atoms with van der Waals surface area (Å²) < 4.78 is 45.2. The summed E-state index contributed by atoms with van der Waals surface area (Å²) in [5, 5.41) is 4.77. The maximum Gasteiger partial charge on any atom is 0.268 e. The van der Waals surface area contributed by atoms with Crippen LogP contribution in [-0.4, -0.2) is 24.2 Å². The first-order valence-corrected chi connectivity index (χ1v) is 12.4. The van der Waals surface area contributed by atoms with Crippen LogP contribution in [0.1, 0.15) is 50.6 Å². The van der Waals surface area contributed by atoms with Crippen molar-refractivity contribution >= 4 is 15.7 Å². The van der Waals surface area contributed by atoms with Crippen molar-refractivity contribution < 1.29 is 12.8 Å². The number of halogens is 1.